The summed E-state index contributed by atoms with van der Waals surface area (Å²) in [6.45, 7) is 4.65. The van der Waals surface area contributed by atoms with Crippen molar-refractivity contribution in [2.24, 2.45) is 0 Å². The minimum atomic E-state index is 0.0870. The highest BCUT2D eigenvalue weighted by Crippen LogP contribution is 2.16. The lowest BCUT2D eigenvalue weighted by Crippen LogP contribution is -2.32. The Morgan fingerprint density at radius 2 is 2.06 bits per heavy atom. The van der Waals surface area contributed by atoms with Gasteiger partial charge in [-0.25, -0.2) is 0 Å². The third kappa shape index (κ3) is 4.40. The van der Waals surface area contributed by atoms with Crippen molar-refractivity contribution in [3.05, 3.63) is 30.3 Å². The van der Waals surface area contributed by atoms with Gasteiger partial charge >= 0.3 is 0 Å². The van der Waals surface area contributed by atoms with Gasteiger partial charge in [0.05, 0.1) is 12.4 Å². The van der Waals surface area contributed by atoms with Gasteiger partial charge in [-0.1, -0.05) is 25.1 Å². The number of amides is 1. The fourth-order valence-corrected chi connectivity index (χ4v) is 2.14. The first kappa shape index (κ1) is 14.1. The zero-order valence-electron chi connectivity index (χ0n) is 10.3. The van der Waals surface area contributed by atoms with Crippen LogP contribution in [0.5, 0.6) is 0 Å². The predicted molar refractivity (Wildman–Crippen MR) is 73.5 cm³/mol. The van der Waals surface area contributed by atoms with Gasteiger partial charge < -0.3 is 10.0 Å². The van der Waals surface area contributed by atoms with Gasteiger partial charge in [-0.05, 0) is 19.1 Å². The Morgan fingerprint density at radius 1 is 1.41 bits per heavy atom. The van der Waals surface area contributed by atoms with Gasteiger partial charge in [0.2, 0.25) is 5.91 Å². The number of benzene rings is 1. The second-order valence-electron chi connectivity index (χ2n) is 3.78. The molecule has 0 heterocycles. The number of hydrogen-bond acceptors (Lipinski definition) is 3. The third-order valence-electron chi connectivity index (χ3n) is 2.43. The van der Waals surface area contributed by atoms with E-state index in [9.17, 15) is 4.79 Å². The molecule has 0 saturated heterocycles. The summed E-state index contributed by atoms with van der Waals surface area (Å²) in [5, 5.41) is 9.02. The molecule has 4 heteroatoms. The van der Waals surface area contributed by atoms with Crippen LogP contribution in [0.15, 0.2) is 30.3 Å². The number of para-hydroxylation sites is 1. The Balaban J connectivity index is 2.59. The average Bonchev–Trinajstić information content (AvgIpc) is 2.38. The quantitative estimate of drug-likeness (QED) is 0.844. The molecule has 0 saturated carbocycles. The van der Waals surface area contributed by atoms with E-state index in [-0.39, 0.29) is 17.8 Å². The molecule has 17 heavy (non-hydrogen) atoms. The summed E-state index contributed by atoms with van der Waals surface area (Å²) in [6, 6.07) is 9.65. The van der Waals surface area contributed by atoms with E-state index in [1.807, 2.05) is 44.2 Å². The summed E-state index contributed by atoms with van der Waals surface area (Å²) >= 11 is 1.48. The zero-order chi connectivity index (χ0) is 12.7. The van der Waals surface area contributed by atoms with Crippen LogP contribution in [0.2, 0.25) is 0 Å². The molecule has 3 nitrogen and oxygen atoms in total. The van der Waals surface area contributed by atoms with Crippen molar-refractivity contribution in [1.82, 2.24) is 0 Å². The van der Waals surface area contributed by atoms with Crippen molar-refractivity contribution >= 4 is 23.4 Å². The van der Waals surface area contributed by atoms with E-state index in [0.29, 0.717) is 12.3 Å². The monoisotopic (exact) mass is 253 g/mol. The summed E-state index contributed by atoms with van der Waals surface area (Å²) in [5.74, 6) is 0.494. The van der Waals surface area contributed by atoms with Crippen molar-refractivity contribution in [1.29, 1.82) is 0 Å². The highest BCUT2D eigenvalue weighted by molar-refractivity contribution is 8.00. The molecule has 1 unspecified atom stereocenters. The Hall–Kier alpha value is -1.00. The lowest BCUT2D eigenvalue weighted by atomic mass is 10.3. The number of aliphatic hydroxyl groups is 1. The van der Waals surface area contributed by atoms with Crippen LogP contribution < -0.4 is 4.90 Å². The van der Waals surface area contributed by atoms with E-state index < -0.39 is 0 Å². The van der Waals surface area contributed by atoms with Crippen LogP contribution in [0.4, 0.5) is 5.69 Å². The van der Waals surface area contributed by atoms with Crippen molar-refractivity contribution < 1.29 is 9.90 Å². The third-order valence-corrected chi connectivity index (χ3v) is 3.57. The predicted octanol–water partition coefficient (Wildman–Crippen LogP) is 2.15. The van der Waals surface area contributed by atoms with E-state index in [2.05, 4.69) is 0 Å². The minimum absolute atomic E-state index is 0.0870. The second kappa shape index (κ2) is 7.35. The Morgan fingerprint density at radius 3 is 2.59 bits per heavy atom. The fourth-order valence-electron chi connectivity index (χ4n) is 1.46. The first-order chi connectivity index (χ1) is 8.19. The SMILES string of the molecule is CCN(C(=O)CSC(C)CO)c1ccccc1. The van der Waals surface area contributed by atoms with Crippen molar-refractivity contribution in [3.8, 4) is 0 Å². The van der Waals surface area contributed by atoms with Crippen LogP contribution in [0.1, 0.15) is 13.8 Å². The summed E-state index contributed by atoms with van der Waals surface area (Å²) in [7, 11) is 0. The normalized spacial score (nSPS) is 12.2. The van der Waals surface area contributed by atoms with Gasteiger partial charge in [-0.2, -0.15) is 0 Å². The number of thioether (sulfide) groups is 1. The molecule has 0 bridgehead atoms. The number of carbonyl (C=O) groups is 1. The molecule has 1 atom stereocenters. The van der Waals surface area contributed by atoms with E-state index in [1.165, 1.54) is 11.8 Å². The molecule has 0 aliphatic carbocycles. The molecular weight excluding hydrogens is 234 g/mol. The van der Waals surface area contributed by atoms with E-state index in [0.717, 1.165) is 5.69 Å². The van der Waals surface area contributed by atoms with Crippen LogP contribution in [0, 0.1) is 0 Å². The fraction of sp³-hybridized carbons (Fsp3) is 0.462. The molecular formula is C13H19NO2S. The first-order valence-electron chi connectivity index (χ1n) is 5.77. The Kier molecular flexibility index (Phi) is 6.08. The molecule has 1 aromatic rings. The van der Waals surface area contributed by atoms with Crippen LogP contribution in [0.25, 0.3) is 0 Å². The lowest BCUT2D eigenvalue weighted by Gasteiger charge is -2.21. The maximum Gasteiger partial charge on any atom is 0.236 e. The van der Waals surface area contributed by atoms with E-state index >= 15 is 0 Å². The average molecular weight is 253 g/mol. The molecule has 0 aromatic heterocycles. The molecule has 0 spiro atoms. The molecule has 0 radical (unpaired) electrons. The van der Waals surface area contributed by atoms with Gasteiger partial charge in [-0.15, -0.1) is 11.8 Å². The van der Waals surface area contributed by atoms with Crippen LogP contribution in [-0.4, -0.2) is 35.2 Å². The van der Waals surface area contributed by atoms with Crippen molar-refractivity contribution in [2.45, 2.75) is 19.1 Å². The Bertz CT molecular complexity index is 343. The zero-order valence-corrected chi connectivity index (χ0v) is 11.1. The molecule has 0 fully saturated rings. The maximum atomic E-state index is 12.0. The van der Waals surface area contributed by atoms with Crippen molar-refractivity contribution in [2.75, 3.05) is 23.8 Å². The number of nitrogens with zero attached hydrogens (tertiary/aromatic N) is 1. The first-order valence-corrected chi connectivity index (χ1v) is 6.81. The van der Waals surface area contributed by atoms with Crippen molar-refractivity contribution in [3.63, 3.8) is 0 Å². The number of aliphatic hydroxyl groups excluding tert-OH is 1. The smallest absolute Gasteiger partial charge is 0.236 e. The number of anilines is 1. The second-order valence-corrected chi connectivity index (χ2v) is 5.20. The topological polar surface area (TPSA) is 40.5 Å². The minimum Gasteiger partial charge on any atom is -0.395 e. The molecule has 94 valence electrons. The van der Waals surface area contributed by atoms with Gasteiger partial charge in [-0.3, -0.25) is 4.79 Å². The highest BCUT2D eigenvalue weighted by Gasteiger charge is 2.14. The highest BCUT2D eigenvalue weighted by atomic mass is 32.2. The molecule has 1 amide bonds. The van der Waals surface area contributed by atoms with Crippen LogP contribution >= 0.6 is 11.8 Å². The van der Waals surface area contributed by atoms with Gasteiger partial charge in [0.1, 0.15) is 0 Å². The van der Waals surface area contributed by atoms with Gasteiger partial charge in [0.15, 0.2) is 0 Å². The maximum absolute atomic E-state index is 12.0. The van der Waals surface area contributed by atoms with Crippen LogP contribution in [0.3, 0.4) is 0 Å². The molecule has 1 rings (SSSR count). The van der Waals surface area contributed by atoms with Crippen LogP contribution in [-0.2, 0) is 4.79 Å². The summed E-state index contributed by atoms with van der Waals surface area (Å²) in [6.07, 6.45) is 0. The molecule has 0 aliphatic rings. The largest absolute Gasteiger partial charge is 0.395 e. The molecule has 1 N–H and O–H groups in total. The molecule has 1 aromatic carbocycles. The number of carbonyl (C=O) groups excluding carboxylic acids is 1. The van der Waals surface area contributed by atoms with E-state index in [1.54, 1.807) is 4.90 Å². The summed E-state index contributed by atoms with van der Waals surface area (Å²) in [4.78, 5) is 13.8. The van der Waals surface area contributed by atoms with E-state index in [4.69, 9.17) is 5.11 Å². The number of hydrogen-bond donors (Lipinski definition) is 1. The molecule has 0 aliphatic heterocycles. The summed E-state index contributed by atoms with van der Waals surface area (Å²) in [5.41, 5.74) is 0.928. The van der Waals surface area contributed by atoms with Gasteiger partial charge in [0, 0.05) is 17.5 Å². The lowest BCUT2D eigenvalue weighted by molar-refractivity contribution is -0.116. The number of rotatable bonds is 6. The van der Waals surface area contributed by atoms with Gasteiger partial charge in [0.25, 0.3) is 0 Å². The summed E-state index contributed by atoms with van der Waals surface area (Å²) < 4.78 is 0. The Labute approximate surface area is 107 Å². The standard InChI is InChI=1S/C13H19NO2S/c1-3-14(12-7-5-4-6-8-12)13(16)10-17-11(2)9-15/h4-8,11,15H,3,9-10H2,1-2H3.